The Hall–Kier alpha value is -3.95. The second kappa shape index (κ2) is 11.1. The van der Waals surface area contributed by atoms with E-state index in [4.69, 9.17) is 32.2 Å². The third-order valence-electron chi connectivity index (χ3n) is 4.70. The van der Waals surface area contributed by atoms with Gasteiger partial charge in [-0.2, -0.15) is 0 Å². The number of rotatable bonds is 7. The molecule has 0 fully saturated rings. The van der Waals surface area contributed by atoms with E-state index in [-0.39, 0.29) is 12.4 Å². The molecule has 4 N–H and O–H groups in total. The zero-order valence-electron chi connectivity index (χ0n) is 18.0. The van der Waals surface area contributed by atoms with Gasteiger partial charge >= 0.3 is 5.97 Å². The maximum Gasteiger partial charge on any atom is 0.333 e. The van der Waals surface area contributed by atoms with Crippen molar-refractivity contribution in [2.75, 3.05) is 19.0 Å². The zero-order chi connectivity index (χ0) is 23.8. The van der Waals surface area contributed by atoms with Gasteiger partial charge in [-0.1, -0.05) is 41.6 Å². The highest BCUT2D eigenvalue weighted by atomic mass is 35.5. The van der Waals surface area contributed by atoms with Crippen LogP contribution in [0.25, 0.3) is 0 Å². The second-order valence-electron chi connectivity index (χ2n) is 6.93. The minimum atomic E-state index is -0.935. The van der Waals surface area contributed by atoms with E-state index in [9.17, 15) is 4.79 Å². The number of halogens is 1. The zero-order valence-corrected chi connectivity index (χ0v) is 18.8. The lowest BCUT2D eigenvalue weighted by Gasteiger charge is -2.22. The highest BCUT2D eigenvalue weighted by Crippen LogP contribution is 2.35. The highest BCUT2D eigenvalue weighted by Gasteiger charge is 2.27. The lowest BCUT2D eigenvalue weighted by Crippen LogP contribution is -2.23. The molecule has 167 valence electrons. The molecule has 0 heterocycles. The van der Waals surface area contributed by atoms with Crippen molar-refractivity contribution in [3.8, 4) is 17.6 Å². The predicted octanol–water partition coefficient (Wildman–Crippen LogP) is 4.56. The van der Waals surface area contributed by atoms with Crippen LogP contribution in [0, 0.1) is 24.2 Å². The molecule has 3 aromatic rings. The van der Waals surface area contributed by atoms with Crippen LogP contribution in [0.1, 0.15) is 28.3 Å². The van der Waals surface area contributed by atoms with E-state index < -0.39 is 12.0 Å². The Bertz CT molecular complexity index is 1200. The van der Waals surface area contributed by atoms with Gasteiger partial charge < -0.3 is 20.5 Å². The fraction of sp³-hybridized carbons (Fsp3) is 0.115. The lowest BCUT2D eigenvalue weighted by molar-refractivity contribution is -0.141. The van der Waals surface area contributed by atoms with Gasteiger partial charge in [-0.25, -0.2) is 4.79 Å². The van der Waals surface area contributed by atoms with Crippen LogP contribution in [-0.4, -0.2) is 25.5 Å². The molecule has 0 bridgehead atoms. The summed E-state index contributed by atoms with van der Waals surface area (Å²) < 4.78 is 10.8. The van der Waals surface area contributed by atoms with Crippen molar-refractivity contribution in [3.05, 3.63) is 101 Å². The molecule has 3 rings (SSSR count). The molecule has 3 aromatic carbocycles. The van der Waals surface area contributed by atoms with Gasteiger partial charge in [0.15, 0.2) is 6.04 Å². The summed E-state index contributed by atoms with van der Waals surface area (Å²) in [5.41, 5.74) is 8.52. The van der Waals surface area contributed by atoms with E-state index in [0.29, 0.717) is 33.1 Å². The molecule has 0 aliphatic heterocycles. The van der Waals surface area contributed by atoms with Crippen LogP contribution in [-0.2, 0) is 9.53 Å². The Morgan fingerprint density at radius 3 is 2.45 bits per heavy atom. The first-order valence-corrected chi connectivity index (χ1v) is 10.4. The van der Waals surface area contributed by atoms with E-state index in [1.54, 1.807) is 36.4 Å². The van der Waals surface area contributed by atoms with Crippen molar-refractivity contribution < 1.29 is 14.3 Å². The Morgan fingerprint density at radius 1 is 1.15 bits per heavy atom. The number of nitrogens with two attached hydrogens (primary N) is 1. The second-order valence-corrected chi connectivity index (χ2v) is 7.36. The molecule has 0 amide bonds. The van der Waals surface area contributed by atoms with Crippen LogP contribution in [0.15, 0.2) is 66.7 Å². The molecule has 33 heavy (non-hydrogen) atoms. The summed E-state index contributed by atoms with van der Waals surface area (Å²) in [6, 6.07) is 18.7. The van der Waals surface area contributed by atoms with Gasteiger partial charge in [0.1, 0.15) is 11.6 Å². The number of hydrogen-bond donors (Lipinski definition) is 3. The summed E-state index contributed by atoms with van der Waals surface area (Å²) in [7, 11) is 1.30. The molecule has 0 aliphatic rings. The van der Waals surface area contributed by atoms with Crippen LogP contribution >= 0.6 is 11.6 Å². The number of anilines is 1. The summed E-state index contributed by atoms with van der Waals surface area (Å²) in [4.78, 5) is 12.8. The molecule has 0 spiro atoms. The van der Waals surface area contributed by atoms with Gasteiger partial charge in [-0.05, 0) is 55.5 Å². The van der Waals surface area contributed by atoms with E-state index in [1.165, 1.54) is 7.11 Å². The first kappa shape index (κ1) is 23.7. The molecule has 1 unspecified atom stereocenters. The highest BCUT2D eigenvalue weighted by molar-refractivity contribution is 6.30. The quantitative estimate of drug-likeness (QED) is 0.208. The van der Waals surface area contributed by atoms with Crippen molar-refractivity contribution in [1.29, 1.82) is 5.41 Å². The summed E-state index contributed by atoms with van der Waals surface area (Å²) in [5.74, 6) is 5.98. The molecule has 1 radical (unpaired) electrons. The SMILES string of the molecule is [CH2]COc1c(C#Cc2ccccc2)cc(Cl)cc1C(Nc1ccc(C(=N)N)cc1)C(=O)OC. The average Bonchev–Trinajstić information content (AvgIpc) is 2.83. The molecule has 6 nitrogen and oxygen atoms in total. The summed E-state index contributed by atoms with van der Waals surface area (Å²) in [6.45, 7) is 3.89. The molecule has 0 aliphatic carbocycles. The number of nitrogen functional groups attached to an aromatic ring is 1. The van der Waals surface area contributed by atoms with Crippen molar-refractivity contribution >= 4 is 29.1 Å². The minimum Gasteiger partial charge on any atom is -0.492 e. The number of hydrogen-bond acceptors (Lipinski definition) is 5. The smallest absolute Gasteiger partial charge is 0.333 e. The molecular formula is C26H23ClN3O3. The van der Waals surface area contributed by atoms with Crippen LogP contribution < -0.4 is 15.8 Å². The van der Waals surface area contributed by atoms with Gasteiger partial charge in [0.2, 0.25) is 0 Å². The monoisotopic (exact) mass is 460 g/mol. The van der Waals surface area contributed by atoms with Crippen molar-refractivity contribution in [2.45, 2.75) is 6.04 Å². The topological polar surface area (TPSA) is 97.4 Å². The van der Waals surface area contributed by atoms with Crippen molar-refractivity contribution in [2.24, 2.45) is 5.73 Å². The van der Waals surface area contributed by atoms with Crippen LogP contribution in [0.3, 0.4) is 0 Å². The summed E-state index contributed by atoms with van der Waals surface area (Å²) in [6.07, 6.45) is 0. The molecular weight excluding hydrogens is 438 g/mol. The van der Waals surface area contributed by atoms with Gasteiger partial charge in [0.05, 0.1) is 19.3 Å². The van der Waals surface area contributed by atoms with E-state index >= 15 is 0 Å². The van der Waals surface area contributed by atoms with Gasteiger partial charge in [0.25, 0.3) is 0 Å². The fourth-order valence-electron chi connectivity index (χ4n) is 3.14. The molecule has 1 atom stereocenters. The summed E-state index contributed by atoms with van der Waals surface area (Å²) >= 11 is 6.40. The van der Waals surface area contributed by atoms with Gasteiger partial charge in [-0.15, -0.1) is 0 Å². The Kier molecular flexibility index (Phi) is 7.96. The van der Waals surface area contributed by atoms with Gasteiger partial charge in [0, 0.05) is 27.4 Å². The molecule has 0 aromatic heterocycles. The van der Waals surface area contributed by atoms with Crippen molar-refractivity contribution in [3.63, 3.8) is 0 Å². The number of carbonyl (C=O) groups is 1. The number of benzene rings is 3. The number of ether oxygens (including phenoxy) is 2. The van der Waals surface area contributed by atoms with Crippen LogP contribution in [0.4, 0.5) is 5.69 Å². The van der Waals surface area contributed by atoms with Crippen LogP contribution in [0.2, 0.25) is 5.02 Å². The number of amidine groups is 1. The molecule has 0 saturated carbocycles. The Labute approximate surface area is 198 Å². The lowest BCUT2D eigenvalue weighted by atomic mass is 10.0. The number of carbonyl (C=O) groups excluding carboxylic acids is 1. The number of methoxy groups -OCH3 is 1. The Balaban J connectivity index is 2.07. The van der Waals surface area contributed by atoms with Crippen molar-refractivity contribution in [1.82, 2.24) is 0 Å². The van der Waals surface area contributed by atoms with E-state index in [2.05, 4.69) is 24.1 Å². The first-order chi connectivity index (χ1) is 15.9. The number of esters is 1. The third kappa shape index (κ3) is 6.06. The predicted molar refractivity (Wildman–Crippen MR) is 131 cm³/mol. The third-order valence-corrected chi connectivity index (χ3v) is 4.92. The average molecular weight is 461 g/mol. The Morgan fingerprint density at radius 2 is 1.85 bits per heavy atom. The van der Waals surface area contributed by atoms with E-state index in [0.717, 1.165) is 5.56 Å². The largest absolute Gasteiger partial charge is 0.492 e. The maximum atomic E-state index is 12.8. The summed E-state index contributed by atoms with van der Waals surface area (Å²) in [5, 5.41) is 11.1. The minimum absolute atomic E-state index is 0.0475. The molecule has 7 heteroatoms. The fourth-order valence-corrected chi connectivity index (χ4v) is 3.37. The normalized spacial score (nSPS) is 11.0. The standard InChI is InChI=1S/C26H23ClN3O3/c1-3-33-24-19(10-9-17-7-5-4-6-8-17)15-20(27)16-22(24)23(26(31)32-2)30-21-13-11-18(12-14-21)25(28)29/h4-8,11-16,23,30H,1,3H2,2H3,(H3,28,29). The van der Waals surface area contributed by atoms with Crippen LogP contribution in [0.5, 0.6) is 5.75 Å². The van der Waals surface area contributed by atoms with E-state index in [1.807, 2.05) is 30.3 Å². The first-order valence-electron chi connectivity index (χ1n) is 10.0. The van der Waals surface area contributed by atoms with Gasteiger partial charge in [-0.3, -0.25) is 5.41 Å². The number of nitrogens with one attached hydrogen (secondary N) is 2. The maximum absolute atomic E-state index is 12.8. The molecule has 0 saturated heterocycles.